The quantitative estimate of drug-likeness (QED) is 0.397. The van der Waals surface area contributed by atoms with Crippen LogP contribution in [0.2, 0.25) is 0 Å². The number of halogens is 1. The van der Waals surface area contributed by atoms with E-state index in [1.54, 1.807) is 7.05 Å². The van der Waals surface area contributed by atoms with Crippen molar-refractivity contribution in [2.45, 2.75) is 26.3 Å². The number of guanidine groups is 1. The summed E-state index contributed by atoms with van der Waals surface area (Å²) in [6.45, 7) is 7.07. The Kier molecular flexibility index (Phi) is 7.88. The van der Waals surface area contributed by atoms with E-state index in [-0.39, 0.29) is 18.0 Å². The van der Waals surface area contributed by atoms with Gasteiger partial charge in [-0.05, 0) is 45.0 Å². The molecule has 1 amide bonds. The van der Waals surface area contributed by atoms with E-state index < -0.39 is 0 Å². The fourth-order valence-electron chi connectivity index (χ4n) is 1.72. The van der Waals surface area contributed by atoms with Crippen LogP contribution in [0.1, 0.15) is 20.8 Å². The Morgan fingerprint density at radius 3 is 2.43 bits per heavy atom. The normalized spacial score (nSPS) is 11.8. The molecule has 23 heavy (non-hydrogen) atoms. The van der Waals surface area contributed by atoms with Crippen molar-refractivity contribution in [3.05, 3.63) is 28.7 Å². The highest BCUT2D eigenvalue weighted by Crippen LogP contribution is 2.15. The third kappa shape index (κ3) is 9.07. The number of carbonyl (C=O) groups excluding carboxylic acids is 1. The number of benzene rings is 1. The number of nitrogens with zero attached hydrogens (tertiary/aromatic N) is 1. The highest BCUT2D eigenvalue weighted by Gasteiger charge is 2.13. The lowest BCUT2D eigenvalue weighted by atomic mass is 10.1. The summed E-state index contributed by atoms with van der Waals surface area (Å²) in [5.41, 5.74) is -0.242. The van der Waals surface area contributed by atoms with E-state index in [0.29, 0.717) is 19.1 Å². The number of aliphatic imine (C=N–C) groups is 1. The van der Waals surface area contributed by atoms with Gasteiger partial charge in [0.15, 0.2) is 5.96 Å². The predicted molar refractivity (Wildman–Crippen MR) is 96.9 cm³/mol. The highest BCUT2D eigenvalue weighted by atomic mass is 79.9. The standard InChI is InChI=1S/C16H25BrN4O2/c1-16(2,3)21-14(22)11-20-15(18-4)19-9-10-23-13-7-5-12(17)6-8-13/h5-8H,9-11H2,1-4H3,(H,21,22)(H2,18,19,20). The van der Waals surface area contributed by atoms with E-state index in [1.807, 2.05) is 45.0 Å². The first-order valence-electron chi connectivity index (χ1n) is 7.44. The Labute approximate surface area is 146 Å². The number of hydrogen-bond acceptors (Lipinski definition) is 3. The van der Waals surface area contributed by atoms with Gasteiger partial charge in [0.1, 0.15) is 12.4 Å². The molecule has 6 nitrogen and oxygen atoms in total. The van der Waals surface area contributed by atoms with Crippen LogP contribution in [-0.2, 0) is 4.79 Å². The molecule has 0 atom stereocenters. The molecule has 0 aliphatic carbocycles. The molecule has 0 spiro atoms. The molecule has 0 fully saturated rings. The maximum Gasteiger partial charge on any atom is 0.239 e. The Morgan fingerprint density at radius 2 is 1.87 bits per heavy atom. The summed E-state index contributed by atoms with van der Waals surface area (Å²) in [5.74, 6) is 1.29. The van der Waals surface area contributed by atoms with E-state index >= 15 is 0 Å². The van der Waals surface area contributed by atoms with Gasteiger partial charge in [0.25, 0.3) is 0 Å². The summed E-state index contributed by atoms with van der Waals surface area (Å²) >= 11 is 3.38. The fraction of sp³-hybridized carbons (Fsp3) is 0.500. The van der Waals surface area contributed by atoms with Crippen LogP contribution in [0, 0.1) is 0 Å². The second-order valence-corrected chi connectivity index (χ2v) is 6.87. The van der Waals surface area contributed by atoms with Crippen LogP contribution in [0.15, 0.2) is 33.7 Å². The molecule has 0 heterocycles. The van der Waals surface area contributed by atoms with E-state index in [9.17, 15) is 4.79 Å². The Morgan fingerprint density at radius 1 is 1.22 bits per heavy atom. The maximum atomic E-state index is 11.7. The maximum absolute atomic E-state index is 11.7. The molecule has 0 unspecified atom stereocenters. The minimum Gasteiger partial charge on any atom is -0.492 e. The van der Waals surface area contributed by atoms with E-state index in [0.717, 1.165) is 10.2 Å². The second kappa shape index (κ2) is 9.39. The minimum absolute atomic E-state index is 0.0773. The van der Waals surface area contributed by atoms with Gasteiger partial charge in [-0.25, -0.2) is 0 Å². The Balaban J connectivity index is 2.24. The van der Waals surface area contributed by atoms with Crippen molar-refractivity contribution >= 4 is 27.8 Å². The molecule has 1 rings (SSSR count). The monoisotopic (exact) mass is 384 g/mol. The average Bonchev–Trinajstić information content (AvgIpc) is 2.46. The summed E-state index contributed by atoms with van der Waals surface area (Å²) < 4.78 is 6.62. The molecule has 0 saturated heterocycles. The Bertz CT molecular complexity index is 524. The van der Waals surface area contributed by atoms with Gasteiger partial charge >= 0.3 is 0 Å². The molecule has 0 aliphatic heterocycles. The first-order chi connectivity index (χ1) is 10.8. The lowest BCUT2D eigenvalue weighted by molar-refractivity contribution is -0.121. The molecular formula is C16H25BrN4O2. The number of ether oxygens (including phenoxy) is 1. The smallest absolute Gasteiger partial charge is 0.239 e. The first-order valence-corrected chi connectivity index (χ1v) is 8.23. The zero-order valence-corrected chi connectivity index (χ0v) is 15.7. The third-order valence-electron chi connectivity index (χ3n) is 2.63. The van der Waals surface area contributed by atoms with Crippen LogP contribution in [-0.4, -0.2) is 44.1 Å². The Hall–Kier alpha value is -1.76. The van der Waals surface area contributed by atoms with Crippen LogP contribution in [0.25, 0.3) is 0 Å². The number of carbonyl (C=O) groups is 1. The second-order valence-electron chi connectivity index (χ2n) is 5.95. The van der Waals surface area contributed by atoms with Crippen LogP contribution in [0.4, 0.5) is 0 Å². The molecule has 0 aliphatic rings. The van der Waals surface area contributed by atoms with Crippen molar-refractivity contribution in [3.63, 3.8) is 0 Å². The van der Waals surface area contributed by atoms with E-state index in [2.05, 4.69) is 36.9 Å². The summed E-state index contributed by atoms with van der Waals surface area (Å²) in [4.78, 5) is 15.8. The summed E-state index contributed by atoms with van der Waals surface area (Å²) in [6, 6.07) is 7.65. The SMILES string of the molecule is CN=C(NCCOc1ccc(Br)cc1)NCC(=O)NC(C)(C)C. The molecule has 0 saturated carbocycles. The van der Waals surface area contributed by atoms with Gasteiger partial charge in [0.05, 0.1) is 13.1 Å². The van der Waals surface area contributed by atoms with Crippen LogP contribution in [0.3, 0.4) is 0 Å². The zero-order valence-electron chi connectivity index (χ0n) is 14.1. The van der Waals surface area contributed by atoms with Crippen molar-refractivity contribution in [3.8, 4) is 5.75 Å². The highest BCUT2D eigenvalue weighted by molar-refractivity contribution is 9.10. The summed E-state index contributed by atoms with van der Waals surface area (Å²) in [5, 5.41) is 8.94. The van der Waals surface area contributed by atoms with Crippen molar-refractivity contribution < 1.29 is 9.53 Å². The third-order valence-corrected chi connectivity index (χ3v) is 3.16. The van der Waals surface area contributed by atoms with Gasteiger partial charge < -0.3 is 20.7 Å². The predicted octanol–water partition coefficient (Wildman–Crippen LogP) is 1.91. The molecule has 128 valence electrons. The number of hydrogen-bond donors (Lipinski definition) is 3. The van der Waals surface area contributed by atoms with Crippen LogP contribution in [0.5, 0.6) is 5.75 Å². The molecule has 0 aromatic heterocycles. The average molecular weight is 385 g/mol. The summed E-state index contributed by atoms with van der Waals surface area (Å²) in [7, 11) is 1.66. The molecule has 0 radical (unpaired) electrons. The van der Waals surface area contributed by atoms with Crippen LogP contribution >= 0.6 is 15.9 Å². The number of rotatable bonds is 6. The van der Waals surface area contributed by atoms with E-state index in [1.165, 1.54) is 0 Å². The number of nitrogens with one attached hydrogen (secondary N) is 3. The lowest BCUT2D eigenvalue weighted by Gasteiger charge is -2.21. The van der Waals surface area contributed by atoms with Gasteiger partial charge in [-0.2, -0.15) is 0 Å². The first kappa shape index (κ1) is 19.3. The molecular weight excluding hydrogens is 360 g/mol. The molecule has 3 N–H and O–H groups in total. The topological polar surface area (TPSA) is 74.8 Å². The van der Waals surface area contributed by atoms with Gasteiger partial charge in [-0.3, -0.25) is 9.79 Å². The summed E-state index contributed by atoms with van der Waals surface area (Å²) in [6.07, 6.45) is 0. The van der Waals surface area contributed by atoms with Gasteiger partial charge in [-0.1, -0.05) is 15.9 Å². The minimum atomic E-state index is -0.242. The van der Waals surface area contributed by atoms with Gasteiger partial charge in [0, 0.05) is 17.1 Å². The van der Waals surface area contributed by atoms with Crippen molar-refractivity contribution in [2.24, 2.45) is 4.99 Å². The van der Waals surface area contributed by atoms with Gasteiger partial charge in [-0.15, -0.1) is 0 Å². The van der Waals surface area contributed by atoms with E-state index in [4.69, 9.17) is 4.74 Å². The molecule has 0 bridgehead atoms. The zero-order chi connectivity index (χ0) is 17.3. The molecule has 1 aromatic rings. The number of amides is 1. The largest absolute Gasteiger partial charge is 0.492 e. The molecule has 7 heteroatoms. The van der Waals surface area contributed by atoms with Crippen molar-refractivity contribution in [1.82, 2.24) is 16.0 Å². The van der Waals surface area contributed by atoms with Gasteiger partial charge in [0.2, 0.25) is 5.91 Å². The molecule has 1 aromatic carbocycles. The lowest BCUT2D eigenvalue weighted by Crippen LogP contribution is -2.48. The van der Waals surface area contributed by atoms with Crippen molar-refractivity contribution in [1.29, 1.82) is 0 Å². The van der Waals surface area contributed by atoms with Crippen LogP contribution < -0.4 is 20.7 Å². The fourth-order valence-corrected chi connectivity index (χ4v) is 1.98. The van der Waals surface area contributed by atoms with Crippen molar-refractivity contribution in [2.75, 3.05) is 26.7 Å².